The molecule has 1 aromatic rings. The highest BCUT2D eigenvalue weighted by Gasteiger charge is 2.25. The molecule has 104 valence electrons. The number of anilines is 1. The van der Waals surface area contributed by atoms with Crippen molar-refractivity contribution < 1.29 is 4.79 Å². The highest BCUT2D eigenvalue weighted by atomic mass is 16.1. The molecule has 2 atom stereocenters. The highest BCUT2D eigenvalue weighted by molar-refractivity contribution is 5.98. The lowest BCUT2D eigenvalue weighted by Crippen LogP contribution is -2.40. The number of nitrogens with two attached hydrogens (primary N) is 1. The molecular formula is C15H23N3O. The quantitative estimate of drug-likeness (QED) is 0.859. The average molecular weight is 261 g/mol. The third kappa shape index (κ3) is 3.46. The topological polar surface area (TPSA) is 68.0 Å². The van der Waals surface area contributed by atoms with Crippen LogP contribution >= 0.6 is 0 Å². The van der Waals surface area contributed by atoms with Crippen LogP contribution in [0.3, 0.4) is 0 Å². The van der Waals surface area contributed by atoms with E-state index in [1.54, 1.807) is 12.3 Å². The molecule has 2 rings (SSSR count). The Kier molecular flexibility index (Phi) is 4.08. The number of nitrogen functional groups attached to an aromatic ring is 1. The van der Waals surface area contributed by atoms with Crippen molar-refractivity contribution in [1.29, 1.82) is 0 Å². The number of aryl methyl sites for hydroxylation is 1. The number of hydrogen-bond acceptors (Lipinski definition) is 3. The zero-order valence-corrected chi connectivity index (χ0v) is 11.9. The van der Waals surface area contributed by atoms with Crippen LogP contribution in [0.15, 0.2) is 12.3 Å². The Bertz CT molecular complexity index is 462. The number of pyridine rings is 1. The zero-order chi connectivity index (χ0) is 14.0. The van der Waals surface area contributed by atoms with E-state index in [-0.39, 0.29) is 11.9 Å². The van der Waals surface area contributed by atoms with Crippen molar-refractivity contribution in [3.8, 4) is 0 Å². The molecule has 1 aromatic heterocycles. The largest absolute Gasteiger partial charge is 0.398 e. The Balaban J connectivity index is 2.04. The van der Waals surface area contributed by atoms with Crippen LogP contribution in [0.4, 0.5) is 5.69 Å². The van der Waals surface area contributed by atoms with Gasteiger partial charge in [-0.2, -0.15) is 0 Å². The Hall–Kier alpha value is -1.58. The maximum atomic E-state index is 12.2. The molecule has 4 nitrogen and oxygen atoms in total. The van der Waals surface area contributed by atoms with E-state index in [1.807, 2.05) is 6.92 Å². The summed E-state index contributed by atoms with van der Waals surface area (Å²) in [7, 11) is 0. The molecule has 0 aliphatic heterocycles. The molecule has 1 aliphatic rings. The molecule has 2 unspecified atom stereocenters. The lowest BCUT2D eigenvalue weighted by atomic mass is 9.80. The third-order valence-electron chi connectivity index (χ3n) is 3.83. The monoisotopic (exact) mass is 261 g/mol. The first-order valence-electron chi connectivity index (χ1n) is 6.98. The molecule has 0 saturated heterocycles. The standard InChI is InChI=1S/C15H23N3O/c1-9-4-10(2)6-12(5-9)18-15(19)13-8-17-11(3)7-14(13)16/h7-10,12H,4-6H2,1-3H3,(H2,16,17)(H,18,19). The summed E-state index contributed by atoms with van der Waals surface area (Å²) in [5.41, 5.74) is 7.69. The second-order valence-corrected chi connectivity index (χ2v) is 6.00. The fourth-order valence-corrected chi connectivity index (χ4v) is 3.10. The van der Waals surface area contributed by atoms with Gasteiger partial charge in [-0.1, -0.05) is 13.8 Å². The summed E-state index contributed by atoms with van der Waals surface area (Å²) >= 11 is 0. The lowest BCUT2D eigenvalue weighted by Gasteiger charge is -2.32. The van der Waals surface area contributed by atoms with Crippen molar-refractivity contribution in [3.63, 3.8) is 0 Å². The van der Waals surface area contributed by atoms with Gasteiger partial charge < -0.3 is 11.1 Å². The number of hydrogen-bond donors (Lipinski definition) is 2. The molecule has 1 amide bonds. The van der Waals surface area contributed by atoms with Gasteiger partial charge in [-0.15, -0.1) is 0 Å². The third-order valence-corrected chi connectivity index (χ3v) is 3.83. The maximum absolute atomic E-state index is 12.2. The number of rotatable bonds is 2. The van der Waals surface area contributed by atoms with Gasteiger partial charge in [0.2, 0.25) is 0 Å². The van der Waals surface area contributed by atoms with E-state index in [1.165, 1.54) is 6.42 Å². The first-order valence-corrected chi connectivity index (χ1v) is 6.98. The van der Waals surface area contributed by atoms with Crippen molar-refractivity contribution >= 4 is 11.6 Å². The molecule has 1 fully saturated rings. The van der Waals surface area contributed by atoms with Crippen molar-refractivity contribution in [2.45, 2.75) is 46.1 Å². The Labute approximate surface area is 114 Å². The lowest BCUT2D eigenvalue weighted by molar-refractivity contribution is 0.0912. The van der Waals surface area contributed by atoms with Crippen LogP contribution in [0.5, 0.6) is 0 Å². The van der Waals surface area contributed by atoms with Crippen molar-refractivity contribution in [3.05, 3.63) is 23.5 Å². The summed E-state index contributed by atoms with van der Waals surface area (Å²) < 4.78 is 0. The molecule has 0 spiro atoms. The van der Waals surface area contributed by atoms with Crippen molar-refractivity contribution in [1.82, 2.24) is 10.3 Å². The first-order chi connectivity index (χ1) is 8.95. The van der Waals surface area contributed by atoms with Crippen LogP contribution in [0, 0.1) is 18.8 Å². The minimum Gasteiger partial charge on any atom is -0.398 e. The zero-order valence-electron chi connectivity index (χ0n) is 11.9. The van der Waals surface area contributed by atoms with Crippen LogP contribution in [0.1, 0.15) is 49.2 Å². The molecule has 1 heterocycles. The smallest absolute Gasteiger partial charge is 0.255 e. The molecule has 19 heavy (non-hydrogen) atoms. The molecule has 1 aliphatic carbocycles. The van der Waals surface area contributed by atoms with E-state index in [2.05, 4.69) is 24.1 Å². The summed E-state index contributed by atoms with van der Waals surface area (Å²) in [5.74, 6) is 1.24. The molecule has 0 bridgehead atoms. The summed E-state index contributed by atoms with van der Waals surface area (Å²) in [6.07, 6.45) is 4.92. The van der Waals surface area contributed by atoms with Crippen LogP contribution in [0.2, 0.25) is 0 Å². The highest BCUT2D eigenvalue weighted by Crippen LogP contribution is 2.28. The van der Waals surface area contributed by atoms with Gasteiger partial charge in [-0.25, -0.2) is 0 Å². The second kappa shape index (κ2) is 5.59. The van der Waals surface area contributed by atoms with Gasteiger partial charge >= 0.3 is 0 Å². The molecule has 0 aromatic carbocycles. The van der Waals surface area contributed by atoms with Crippen LogP contribution in [-0.4, -0.2) is 16.9 Å². The second-order valence-electron chi connectivity index (χ2n) is 6.00. The fraction of sp³-hybridized carbons (Fsp3) is 0.600. The molecule has 1 saturated carbocycles. The number of nitrogens with one attached hydrogen (secondary N) is 1. The minimum atomic E-state index is -0.101. The van der Waals surface area contributed by atoms with Gasteiger partial charge in [0.1, 0.15) is 0 Å². The van der Waals surface area contributed by atoms with Gasteiger partial charge in [0.15, 0.2) is 0 Å². The van der Waals surface area contributed by atoms with Crippen molar-refractivity contribution in [2.75, 3.05) is 5.73 Å². The number of amides is 1. The van der Waals surface area contributed by atoms with E-state index in [9.17, 15) is 4.79 Å². The Morgan fingerprint density at radius 3 is 2.53 bits per heavy atom. The summed E-state index contributed by atoms with van der Waals surface area (Å²) in [6.45, 7) is 6.36. The Morgan fingerprint density at radius 1 is 1.32 bits per heavy atom. The van der Waals surface area contributed by atoms with Crippen molar-refractivity contribution in [2.24, 2.45) is 11.8 Å². The number of carbonyl (C=O) groups excluding carboxylic acids is 1. The molecule has 4 heteroatoms. The normalized spacial score (nSPS) is 27.0. The number of aromatic nitrogens is 1. The molecule has 3 N–H and O–H groups in total. The summed E-state index contributed by atoms with van der Waals surface area (Å²) in [4.78, 5) is 16.4. The Morgan fingerprint density at radius 2 is 1.95 bits per heavy atom. The SMILES string of the molecule is Cc1cc(N)c(C(=O)NC2CC(C)CC(C)C2)cn1. The molecular weight excluding hydrogens is 238 g/mol. The predicted octanol–water partition coefficient (Wildman–Crippen LogP) is 2.53. The van der Waals surface area contributed by atoms with E-state index < -0.39 is 0 Å². The van der Waals surface area contributed by atoms with E-state index in [0.29, 0.717) is 23.1 Å². The number of carbonyl (C=O) groups is 1. The summed E-state index contributed by atoms with van der Waals surface area (Å²) in [5, 5.41) is 3.10. The first kappa shape index (κ1) is 13.8. The van der Waals surface area contributed by atoms with Gasteiger partial charge in [0, 0.05) is 23.6 Å². The van der Waals surface area contributed by atoms with Crippen LogP contribution in [0.25, 0.3) is 0 Å². The minimum absolute atomic E-state index is 0.101. The van der Waals surface area contributed by atoms with Gasteiger partial charge in [-0.3, -0.25) is 9.78 Å². The summed E-state index contributed by atoms with van der Waals surface area (Å²) in [6, 6.07) is 1.99. The van der Waals surface area contributed by atoms with Gasteiger partial charge in [0.25, 0.3) is 5.91 Å². The van der Waals surface area contributed by atoms with E-state index >= 15 is 0 Å². The van der Waals surface area contributed by atoms with Crippen LogP contribution in [-0.2, 0) is 0 Å². The average Bonchev–Trinajstić information content (AvgIpc) is 2.26. The number of nitrogens with zero attached hydrogens (tertiary/aromatic N) is 1. The maximum Gasteiger partial charge on any atom is 0.255 e. The van der Waals surface area contributed by atoms with E-state index in [0.717, 1.165) is 18.5 Å². The molecule has 0 radical (unpaired) electrons. The van der Waals surface area contributed by atoms with Crippen LogP contribution < -0.4 is 11.1 Å². The van der Waals surface area contributed by atoms with Gasteiger partial charge in [-0.05, 0) is 44.1 Å². The van der Waals surface area contributed by atoms with Gasteiger partial charge in [0.05, 0.1) is 5.56 Å². The fourth-order valence-electron chi connectivity index (χ4n) is 3.10. The predicted molar refractivity (Wildman–Crippen MR) is 76.8 cm³/mol. The van der Waals surface area contributed by atoms with E-state index in [4.69, 9.17) is 5.73 Å².